The van der Waals surface area contributed by atoms with Crippen LogP contribution in [0.1, 0.15) is 38.3 Å². The summed E-state index contributed by atoms with van der Waals surface area (Å²) in [5, 5.41) is 3.12. The summed E-state index contributed by atoms with van der Waals surface area (Å²) < 4.78 is 11.4. The minimum atomic E-state index is 0.197. The molecule has 2 atom stereocenters. The van der Waals surface area contributed by atoms with Gasteiger partial charge in [0.2, 0.25) is 11.8 Å². The monoisotopic (exact) mass is 265 g/mol. The van der Waals surface area contributed by atoms with Gasteiger partial charge in [0.15, 0.2) is 0 Å². The van der Waals surface area contributed by atoms with Crippen LogP contribution < -0.4 is 10.1 Å². The lowest BCUT2D eigenvalue weighted by Gasteiger charge is -2.28. The van der Waals surface area contributed by atoms with E-state index in [0.29, 0.717) is 17.9 Å². The van der Waals surface area contributed by atoms with Crippen molar-refractivity contribution >= 4 is 5.95 Å². The largest absolute Gasteiger partial charge is 0.474 e. The molecule has 1 N–H and O–H groups in total. The van der Waals surface area contributed by atoms with Crippen LogP contribution in [0.3, 0.4) is 0 Å². The number of aromatic nitrogens is 2. The molecule has 0 bridgehead atoms. The number of anilines is 1. The van der Waals surface area contributed by atoms with Gasteiger partial charge in [0.05, 0.1) is 6.10 Å². The van der Waals surface area contributed by atoms with Crippen molar-refractivity contribution in [2.75, 3.05) is 19.0 Å². The first kappa shape index (κ1) is 14.1. The second kappa shape index (κ2) is 6.70. The highest BCUT2D eigenvalue weighted by Gasteiger charge is 2.23. The molecule has 2 unspecified atom stereocenters. The molecule has 1 heterocycles. The summed E-state index contributed by atoms with van der Waals surface area (Å²) >= 11 is 0. The quantitative estimate of drug-likeness (QED) is 0.886. The highest BCUT2D eigenvalue weighted by molar-refractivity contribution is 5.30. The van der Waals surface area contributed by atoms with Gasteiger partial charge in [-0.25, -0.2) is 4.98 Å². The minimum Gasteiger partial charge on any atom is -0.474 e. The molecule has 1 aliphatic carbocycles. The van der Waals surface area contributed by atoms with E-state index in [2.05, 4.69) is 15.3 Å². The Morgan fingerprint density at radius 1 is 1.32 bits per heavy atom. The Labute approximate surface area is 114 Å². The average Bonchev–Trinajstić information content (AvgIpc) is 2.38. The Kier molecular flexibility index (Phi) is 4.96. The minimum absolute atomic E-state index is 0.197. The number of methoxy groups -OCH3 is 1. The molecule has 1 aromatic heterocycles. The average molecular weight is 265 g/mol. The van der Waals surface area contributed by atoms with Crippen LogP contribution in [0.2, 0.25) is 0 Å². The number of hydrogen-bond donors (Lipinski definition) is 1. The molecule has 0 aromatic carbocycles. The van der Waals surface area contributed by atoms with Crippen LogP contribution >= 0.6 is 0 Å². The summed E-state index contributed by atoms with van der Waals surface area (Å²) in [4.78, 5) is 8.70. The van der Waals surface area contributed by atoms with Gasteiger partial charge in [-0.1, -0.05) is 0 Å². The molecular formula is C14H23N3O2. The lowest BCUT2D eigenvalue weighted by atomic mass is 9.95. The number of hydrogen-bond acceptors (Lipinski definition) is 5. The Balaban J connectivity index is 2.01. The van der Waals surface area contributed by atoms with Gasteiger partial charge in [0.1, 0.15) is 6.10 Å². The normalized spacial score (nSPS) is 23.1. The van der Waals surface area contributed by atoms with E-state index in [9.17, 15) is 0 Å². The number of ether oxygens (including phenoxy) is 2. The van der Waals surface area contributed by atoms with Gasteiger partial charge < -0.3 is 14.8 Å². The SMILES string of the molecule is CCNc1nc(C)cc(OC2CCCC(OC)C2)n1. The van der Waals surface area contributed by atoms with Crippen LogP contribution in [-0.2, 0) is 4.74 Å². The first-order chi connectivity index (χ1) is 9.21. The van der Waals surface area contributed by atoms with Crippen LogP contribution in [0, 0.1) is 6.92 Å². The molecule has 2 rings (SSSR count). The molecule has 106 valence electrons. The molecule has 0 amide bonds. The number of rotatable bonds is 5. The third-order valence-corrected chi connectivity index (χ3v) is 3.36. The van der Waals surface area contributed by atoms with Gasteiger partial charge in [0.25, 0.3) is 0 Å². The van der Waals surface area contributed by atoms with Gasteiger partial charge in [-0.3, -0.25) is 0 Å². The second-order valence-corrected chi connectivity index (χ2v) is 4.97. The third-order valence-electron chi connectivity index (χ3n) is 3.36. The molecule has 0 aliphatic heterocycles. The van der Waals surface area contributed by atoms with Crippen LogP contribution in [0.5, 0.6) is 5.88 Å². The highest BCUT2D eigenvalue weighted by atomic mass is 16.5. The molecule has 1 aromatic rings. The standard InChI is InChI=1S/C14H23N3O2/c1-4-15-14-16-10(2)8-13(17-14)19-12-7-5-6-11(9-12)18-3/h8,11-12H,4-7,9H2,1-3H3,(H,15,16,17). The van der Waals surface area contributed by atoms with E-state index >= 15 is 0 Å². The number of nitrogens with zero attached hydrogens (tertiary/aromatic N) is 2. The zero-order valence-electron chi connectivity index (χ0n) is 12.0. The van der Waals surface area contributed by atoms with Gasteiger partial charge in [-0.2, -0.15) is 4.98 Å². The van der Waals surface area contributed by atoms with Gasteiger partial charge in [-0.15, -0.1) is 0 Å². The van der Waals surface area contributed by atoms with Gasteiger partial charge in [-0.05, 0) is 33.1 Å². The van der Waals surface area contributed by atoms with E-state index < -0.39 is 0 Å². The van der Waals surface area contributed by atoms with Crippen molar-refractivity contribution in [3.63, 3.8) is 0 Å². The maximum atomic E-state index is 5.98. The second-order valence-electron chi connectivity index (χ2n) is 4.97. The van der Waals surface area contributed by atoms with Crippen molar-refractivity contribution in [3.05, 3.63) is 11.8 Å². The lowest BCUT2D eigenvalue weighted by Crippen LogP contribution is -2.29. The van der Waals surface area contributed by atoms with E-state index in [1.807, 2.05) is 19.9 Å². The molecule has 1 saturated carbocycles. The van der Waals surface area contributed by atoms with E-state index in [-0.39, 0.29) is 6.10 Å². The summed E-state index contributed by atoms with van der Waals surface area (Å²) in [5.41, 5.74) is 0.917. The van der Waals surface area contributed by atoms with Crippen molar-refractivity contribution in [2.45, 2.75) is 51.7 Å². The first-order valence-electron chi connectivity index (χ1n) is 7.00. The topological polar surface area (TPSA) is 56.3 Å². The van der Waals surface area contributed by atoms with E-state index in [1.54, 1.807) is 7.11 Å². The van der Waals surface area contributed by atoms with Crippen LogP contribution in [0.25, 0.3) is 0 Å². The Hall–Kier alpha value is -1.36. The lowest BCUT2D eigenvalue weighted by molar-refractivity contribution is 0.0195. The summed E-state index contributed by atoms with van der Waals surface area (Å²) in [6.07, 6.45) is 4.79. The Morgan fingerprint density at radius 3 is 2.84 bits per heavy atom. The van der Waals surface area contributed by atoms with Crippen molar-refractivity contribution in [3.8, 4) is 5.88 Å². The summed E-state index contributed by atoms with van der Waals surface area (Å²) in [6, 6.07) is 1.89. The van der Waals surface area contributed by atoms with Crippen molar-refractivity contribution in [1.29, 1.82) is 0 Å². The zero-order valence-corrected chi connectivity index (χ0v) is 12.0. The molecule has 0 radical (unpaired) electrons. The predicted molar refractivity (Wildman–Crippen MR) is 74.6 cm³/mol. The van der Waals surface area contributed by atoms with Crippen molar-refractivity contribution < 1.29 is 9.47 Å². The summed E-state index contributed by atoms with van der Waals surface area (Å²) in [5.74, 6) is 1.29. The molecule has 5 nitrogen and oxygen atoms in total. The van der Waals surface area contributed by atoms with Crippen LogP contribution in [-0.4, -0.2) is 35.8 Å². The smallest absolute Gasteiger partial charge is 0.226 e. The first-order valence-corrected chi connectivity index (χ1v) is 7.00. The molecule has 1 fully saturated rings. The van der Waals surface area contributed by atoms with E-state index in [1.165, 1.54) is 0 Å². The molecule has 1 aliphatic rings. The maximum Gasteiger partial charge on any atom is 0.226 e. The zero-order chi connectivity index (χ0) is 13.7. The molecule has 0 spiro atoms. The molecule has 0 saturated heterocycles. The van der Waals surface area contributed by atoms with Crippen molar-refractivity contribution in [1.82, 2.24) is 9.97 Å². The summed E-state index contributed by atoms with van der Waals surface area (Å²) in [7, 11) is 1.77. The summed E-state index contributed by atoms with van der Waals surface area (Å²) in [6.45, 7) is 4.78. The molecule has 5 heteroatoms. The van der Waals surface area contributed by atoms with Crippen LogP contribution in [0.4, 0.5) is 5.95 Å². The number of nitrogens with one attached hydrogen (secondary N) is 1. The number of aryl methyl sites for hydroxylation is 1. The van der Waals surface area contributed by atoms with Gasteiger partial charge in [0, 0.05) is 31.8 Å². The van der Waals surface area contributed by atoms with E-state index in [4.69, 9.17) is 9.47 Å². The van der Waals surface area contributed by atoms with Crippen LogP contribution in [0.15, 0.2) is 6.07 Å². The fourth-order valence-electron chi connectivity index (χ4n) is 2.43. The Bertz CT molecular complexity index is 412. The molecular weight excluding hydrogens is 242 g/mol. The highest BCUT2D eigenvalue weighted by Crippen LogP contribution is 2.25. The Morgan fingerprint density at radius 2 is 2.11 bits per heavy atom. The van der Waals surface area contributed by atoms with E-state index in [0.717, 1.165) is 37.9 Å². The third kappa shape index (κ3) is 4.06. The fourth-order valence-corrected chi connectivity index (χ4v) is 2.43. The fraction of sp³-hybridized carbons (Fsp3) is 0.714. The predicted octanol–water partition coefficient (Wildman–Crippen LogP) is 2.55. The van der Waals surface area contributed by atoms with Crippen molar-refractivity contribution in [2.24, 2.45) is 0 Å². The molecule has 19 heavy (non-hydrogen) atoms. The van der Waals surface area contributed by atoms with Gasteiger partial charge >= 0.3 is 0 Å². The maximum absolute atomic E-state index is 5.98.